The number of hydrogen-bond donors (Lipinski definition) is 0. The predicted octanol–water partition coefficient (Wildman–Crippen LogP) is 3.11. The van der Waals surface area contributed by atoms with Crippen molar-refractivity contribution in [2.45, 2.75) is 64.7 Å². The van der Waals surface area contributed by atoms with Crippen LogP contribution >= 0.6 is 0 Å². The summed E-state index contributed by atoms with van der Waals surface area (Å²) in [5, 5.41) is 0. The molecule has 5 heteroatoms. The van der Waals surface area contributed by atoms with E-state index in [0.29, 0.717) is 5.46 Å². The normalized spacial score (nSPS) is 24.1. The highest BCUT2D eigenvalue weighted by atomic mass is 19.1. The molecular formula is C18H27BFNO2. The average molecular weight is 319 g/mol. The Morgan fingerprint density at radius 1 is 1.04 bits per heavy atom. The van der Waals surface area contributed by atoms with Crippen LogP contribution in [0.1, 0.15) is 52.5 Å². The average Bonchev–Trinajstić information content (AvgIpc) is 2.70. The number of hydrogen-bond acceptors (Lipinski definition) is 3. The molecule has 0 atom stereocenters. The van der Waals surface area contributed by atoms with E-state index in [1.54, 1.807) is 6.07 Å². The Morgan fingerprint density at radius 3 is 2.26 bits per heavy atom. The van der Waals surface area contributed by atoms with E-state index in [9.17, 15) is 4.39 Å². The van der Waals surface area contributed by atoms with Crippen LogP contribution in [0.15, 0.2) is 18.2 Å². The van der Waals surface area contributed by atoms with Crippen molar-refractivity contribution in [1.29, 1.82) is 0 Å². The number of nitrogens with zero attached hydrogens (tertiary/aromatic N) is 1. The lowest BCUT2D eigenvalue weighted by Gasteiger charge is -2.32. The highest BCUT2D eigenvalue weighted by Gasteiger charge is 2.52. The molecule has 0 spiro atoms. The van der Waals surface area contributed by atoms with Crippen molar-refractivity contribution < 1.29 is 13.7 Å². The lowest BCUT2D eigenvalue weighted by atomic mass is 9.78. The molecular weight excluding hydrogens is 292 g/mol. The maximum Gasteiger partial charge on any atom is 0.497 e. The standard InChI is InChI=1S/C18H27BFNO2/c1-17(2)18(3,4)23-19(22-17)15-12-14(8-9-16(15)20)13-21-10-6-5-7-11-21/h8-9,12H,5-7,10-11,13H2,1-4H3. The fraction of sp³-hybridized carbons (Fsp3) is 0.667. The van der Waals surface area contributed by atoms with Crippen molar-refractivity contribution in [3.05, 3.63) is 29.6 Å². The summed E-state index contributed by atoms with van der Waals surface area (Å²) in [6, 6.07) is 5.32. The Kier molecular flexibility index (Phi) is 4.56. The maximum absolute atomic E-state index is 14.3. The Morgan fingerprint density at radius 2 is 1.65 bits per heavy atom. The summed E-state index contributed by atoms with van der Waals surface area (Å²) < 4.78 is 26.3. The molecule has 0 N–H and O–H groups in total. The summed E-state index contributed by atoms with van der Waals surface area (Å²) in [5.74, 6) is -0.258. The minimum Gasteiger partial charge on any atom is -0.399 e. The van der Waals surface area contributed by atoms with Crippen molar-refractivity contribution in [2.24, 2.45) is 0 Å². The molecule has 2 saturated heterocycles. The van der Waals surface area contributed by atoms with Crippen molar-refractivity contribution >= 4 is 12.6 Å². The second-order valence-electron chi connectivity index (χ2n) is 7.78. The minimum atomic E-state index is -0.638. The lowest BCUT2D eigenvalue weighted by molar-refractivity contribution is 0.00578. The second kappa shape index (κ2) is 6.19. The van der Waals surface area contributed by atoms with E-state index in [0.717, 1.165) is 25.2 Å². The zero-order chi connectivity index (χ0) is 16.7. The summed E-state index contributed by atoms with van der Waals surface area (Å²) in [4.78, 5) is 2.44. The first-order valence-electron chi connectivity index (χ1n) is 8.65. The fourth-order valence-corrected chi connectivity index (χ4v) is 3.22. The maximum atomic E-state index is 14.3. The molecule has 1 aromatic rings. The van der Waals surface area contributed by atoms with Gasteiger partial charge in [-0.1, -0.05) is 18.6 Å². The lowest BCUT2D eigenvalue weighted by Crippen LogP contribution is -2.41. The smallest absolute Gasteiger partial charge is 0.399 e. The van der Waals surface area contributed by atoms with Gasteiger partial charge in [-0.2, -0.15) is 0 Å². The van der Waals surface area contributed by atoms with Crippen LogP contribution in [-0.4, -0.2) is 36.3 Å². The Bertz CT molecular complexity index is 554. The third-order valence-electron chi connectivity index (χ3n) is 5.42. The van der Waals surface area contributed by atoms with E-state index in [1.807, 2.05) is 39.8 Å². The molecule has 1 aromatic carbocycles. The van der Waals surface area contributed by atoms with Crippen LogP contribution in [0.3, 0.4) is 0 Å². The number of halogens is 1. The second-order valence-corrected chi connectivity index (χ2v) is 7.78. The summed E-state index contributed by atoms with van der Waals surface area (Å²) >= 11 is 0. The third-order valence-corrected chi connectivity index (χ3v) is 5.42. The molecule has 126 valence electrons. The molecule has 2 heterocycles. The molecule has 0 saturated carbocycles. The third kappa shape index (κ3) is 3.47. The zero-order valence-corrected chi connectivity index (χ0v) is 14.7. The number of rotatable bonds is 3. The van der Waals surface area contributed by atoms with Crippen LogP contribution in [0.4, 0.5) is 4.39 Å². The van der Waals surface area contributed by atoms with E-state index in [-0.39, 0.29) is 5.82 Å². The summed E-state index contributed by atoms with van der Waals surface area (Å²) in [6.45, 7) is 11.1. The van der Waals surface area contributed by atoms with E-state index in [1.165, 1.54) is 19.3 Å². The van der Waals surface area contributed by atoms with E-state index in [4.69, 9.17) is 9.31 Å². The number of piperidine rings is 1. The van der Waals surface area contributed by atoms with Gasteiger partial charge in [0.1, 0.15) is 5.82 Å². The fourth-order valence-electron chi connectivity index (χ4n) is 3.22. The van der Waals surface area contributed by atoms with Crippen LogP contribution in [0.5, 0.6) is 0 Å². The molecule has 0 unspecified atom stereocenters. The molecule has 2 aliphatic heterocycles. The minimum absolute atomic E-state index is 0.258. The van der Waals surface area contributed by atoms with Crippen LogP contribution in [0.25, 0.3) is 0 Å². The van der Waals surface area contributed by atoms with Gasteiger partial charge in [0, 0.05) is 12.0 Å². The molecule has 2 aliphatic rings. The van der Waals surface area contributed by atoms with Crippen LogP contribution in [-0.2, 0) is 15.9 Å². The topological polar surface area (TPSA) is 21.7 Å². The monoisotopic (exact) mass is 319 g/mol. The Balaban J connectivity index is 1.78. The van der Waals surface area contributed by atoms with Crippen LogP contribution in [0, 0.1) is 5.82 Å². The van der Waals surface area contributed by atoms with Gasteiger partial charge in [-0.3, -0.25) is 4.90 Å². The van der Waals surface area contributed by atoms with Crippen molar-refractivity contribution in [3.8, 4) is 0 Å². The largest absolute Gasteiger partial charge is 0.497 e. The summed E-state index contributed by atoms with van der Waals surface area (Å²) in [5.41, 5.74) is 0.733. The first-order valence-corrected chi connectivity index (χ1v) is 8.65. The molecule has 0 aromatic heterocycles. The molecule has 0 bridgehead atoms. The van der Waals surface area contributed by atoms with Gasteiger partial charge in [-0.25, -0.2) is 4.39 Å². The van der Waals surface area contributed by atoms with Crippen molar-refractivity contribution in [3.63, 3.8) is 0 Å². The van der Waals surface area contributed by atoms with Gasteiger partial charge < -0.3 is 9.31 Å². The quantitative estimate of drug-likeness (QED) is 0.799. The van der Waals surface area contributed by atoms with Crippen LogP contribution < -0.4 is 5.46 Å². The van der Waals surface area contributed by atoms with Crippen molar-refractivity contribution in [2.75, 3.05) is 13.1 Å². The SMILES string of the molecule is CC1(C)OB(c2cc(CN3CCCCC3)ccc2F)OC1(C)C. The zero-order valence-electron chi connectivity index (χ0n) is 14.7. The number of benzene rings is 1. The van der Waals surface area contributed by atoms with Gasteiger partial charge in [0.05, 0.1) is 11.2 Å². The van der Waals surface area contributed by atoms with Gasteiger partial charge in [-0.05, 0) is 65.3 Å². The summed E-state index contributed by atoms with van der Waals surface area (Å²) in [6.07, 6.45) is 3.83. The van der Waals surface area contributed by atoms with Gasteiger partial charge in [-0.15, -0.1) is 0 Å². The first-order chi connectivity index (χ1) is 10.8. The molecule has 23 heavy (non-hydrogen) atoms. The van der Waals surface area contributed by atoms with E-state index < -0.39 is 18.3 Å². The molecule has 0 radical (unpaired) electrons. The summed E-state index contributed by atoms with van der Waals surface area (Å²) in [7, 11) is -0.638. The van der Waals surface area contributed by atoms with E-state index in [2.05, 4.69) is 4.90 Å². The first kappa shape index (κ1) is 16.9. The predicted molar refractivity (Wildman–Crippen MR) is 91.2 cm³/mol. The van der Waals surface area contributed by atoms with Crippen LogP contribution in [0.2, 0.25) is 0 Å². The molecule has 0 aliphatic carbocycles. The molecule has 3 nitrogen and oxygen atoms in total. The van der Waals surface area contributed by atoms with Gasteiger partial charge in [0.2, 0.25) is 0 Å². The molecule has 3 rings (SSSR count). The number of likely N-dealkylation sites (tertiary alicyclic amines) is 1. The Labute approximate surface area is 139 Å². The molecule has 2 fully saturated rings. The van der Waals surface area contributed by atoms with Gasteiger partial charge in [0.15, 0.2) is 0 Å². The van der Waals surface area contributed by atoms with Gasteiger partial charge >= 0.3 is 7.12 Å². The van der Waals surface area contributed by atoms with Crippen molar-refractivity contribution in [1.82, 2.24) is 4.90 Å². The highest BCUT2D eigenvalue weighted by Crippen LogP contribution is 2.36. The molecule has 0 amide bonds. The highest BCUT2D eigenvalue weighted by molar-refractivity contribution is 6.62. The Hall–Kier alpha value is -0.905. The van der Waals surface area contributed by atoms with E-state index >= 15 is 0 Å². The van der Waals surface area contributed by atoms with Gasteiger partial charge in [0.25, 0.3) is 0 Å².